The number of rotatable bonds is 11. The molecule has 1 N–H and O–H groups in total. The van der Waals surface area contributed by atoms with Gasteiger partial charge in [0.2, 0.25) is 0 Å². The van der Waals surface area contributed by atoms with Crippen molar-refractivity contribution in [1.82, 2.24) is 14.8 Å². The summed E-state index contributed by atoms with van der Waals surface area (Å²) in [4.78, 5) is 28.3. The van der Waals surface area contributed by atoms with E-state index >= 15 is 0 Å². The summed E-state index contributed by atoms with van der Waals surface area (Å²) < 4.78 is 12.8. The molecule has 1 aliphatic rings. The van der Waals surface area contributed by atoms with Gasteiger partial charge in [0.15, 0.2) is 0 Å². The predicted molar refractivity (Wildman–Crippen MR) is 139 cm³/mol. The topological polar surface area (TPSA) is 72.8 Å². The number of pyridine rings is 1. The van der Waals surface area contributed by atoms with Crippen LogP contribution in [-0.4, -0.2) is 60.9 Å². The van der Waals surface area contributed by atoms with Crippen molar-refractivity contribution in [3.8, 4) is 11.4 Å². The minimum Gasteiger partial charge on any atom is -0.492 e. The first kappa shape index (κ1) is 24.9. The van der Waals surface area contributed by atoms with Gasteiger partial charge in [0, 0.05) is 44.0 Å². The number of fused-ring (bicyclic) bond motifs is 1. The summed E-state index contributed by atoms with van der Waals surface area (Å²) in [6.07, 6.45) is 3.83. The van der Waals surface area contributed by atoms with E-state index in [2.05, 4.69) is 24.1 Å². The lowest BCUT2D eigenvalue weighted by Crippen LogP contribution is -2.37. The summed E-state index contributed by atoms with van der Waals surface area (Å²) in [6, 6.07) is 13.7. The molecule has 1 amide bonds. The molecule has 1 aromatic heterocycles. The lowest BCUT2D eigenvalue weighted by atomic mass is 10.1. The second-order valence-corrected chi connectivity index (χ2v) is 9.46. The zero-order valence-electron chi connectivity index (χ0n) is 21.0. The number of hydrogen-bond acceptors (Lipinski definition) is 5. The number of nitrogens with zero attached hydrogens (tertiary/aromatic N) is 2. The third-order valence-electron chi connectivity index (χ3n) is 6.48. The Labute approximate surface area is 206 Å². The Bertz CT molecular complexity index is 1250. The quantitative estimate of drug-likeness (QED) is 0.453. The molecule has 0 aliphatic heterocycles. The molecule has 0 spiro atoms. The maximum Gasteiger partial charge on any atom is 0.263 e. The van der Waals surface area contributed by atoms with Crippen LogP contribution in [0, 0.1) is 6.92 Å². The Morgan fingerprint density at radius 3 is 2.60 bits per heavy atom. The number of aromatic nitrogens is 1. The summed E-state index contributed by atoms with van der Waals surface area (Å²) in [5.74, 6) is 0.566. The van der Waals surface area contributed by atoms with E-state index in [0.717, 1.165) is 36.9 Å². The van der Waals surface area contributed by atoms with Crippen LogP contribution in [0.25, 0.3) is 16.5 Å². The monoisotopic (exact) mass is 477 g/mol. The Morgan fingerprint density at radius 1 is 1.11 bits per heavy atom. The van der Waals surface area contributed by atoms with Crippen molar-refractivity contribution in [3.05, 3.63) is 70.1 Å². The highest BCUT2D eigenvalue weighted by Crippen LogP contribution is 2.22. The van der Waals surface area contributed by atoms with Crippen LogP contribution in [0.1, 0.15) is 42.6 Å². The van der Waals surface area contributed by atoms with E-state index in [1.165, 1.54) is 0 Å². The van der Waals surface area contributed by atoms with Gasteiger partial charge in [-0.15, -0.1) is 0 Å². The van der Waals surface area contributed by atoms with Crippen molar-refractivity contribution in [2.24, 2.45) is 0 Å². The fourth-order valence-corrected chi connectivity index (χ4v) is 4.12. The maximum absolute atomic E-state index is 13.5. The van der Waals surface area contributed by atoms with Crippen molar-refractivity contribution < 1.29 is 14.3 Å². The number of nitrogens with one attached hydrogen (secondary N) is 1. The van der Waals surface area contributed by atoms with Gasteiger partial charge in [-0.2, -0.15) is 0 Å². The van der Waals surface area contributed by atoms with Gasteiger partial charge in [-0.25, -0.2) is 0 Å². The Balaban J connectivity index is 1.56. The van der Waals surface area contributed by atoms with Crippen molar-refractivity contribution >= 4 is 16.7 Å². The molecule has 1 heterocycles. The molecule has 0 unspecified atom stereocenters. The summed E-state index contributed by atoms with van der Waals surface area (Å²) in [7, 11) is 1.71. The van der Waals surface area contributed by atoms with E-state index in [4.69, 9.17) is 9.47 Å². The molecule has 3 aromatic rings. The number of hydrogen-bond donors (Lipinski definition) is 1. The number of carbonyl (C=O) groups is 1. The zero-order chi connectivity index (χ0) is 24.9. The molecule has 4 rings (SSSR count). The normalized spacial score (nSPS) is 13.5. The van der Waals surface area contributed by atoms with Gasteiger partial charge in [-0.1, -0.05) is 12.1 Å². The van der Waals surface area contributed by atoms with E-state index in [9.17, 15) is 9.59 Å². The largest absolute Gasteiger partial charge is 0.492 e. The molecule has 35 heavy (non-hydrogen) atoms. The smallest absolute Gasteiger partial charge is 0.263 e. The molecule has 2 aromatic carbocycles. The first-order chi connectivity index (χ1) is 16.9. The molecule has 0 bridgehead atoms. The van der Waals surface area contributed by atoms with Gasteiger partial charge in [0.1, 0.15) is 12.4 Å². The second kappa shape index (κ2) is 11.1. The van der Waals surface area contributed by atoms with E-state index in [0.29, 0.717) is 41.6 Å². The molecule has 0 radical (unpaired) electrons. The highest BCUT2D eigenvalue weighted by atomic mass is 16.5. The first-order valence-electron chi connectivity index (χ1n) is 12.3. The number of amides is 1. The summed E-state index contributed by atoms with van der Waals surface area (Å²) >= 11 is 0. The fraction of sp³-hybridized carbons (Fsp3) is 0.429. The maximum atomic E-state index is 13.5. The molecule has 0 atom stereocenters. The second-order valence-electron chi connectivity index (χ2n) is 9.46. The van der Waals surface area contributed by atoms with Crippen LogP contribution in [0.2, 0.25) is 0 Å². The highest BCUT2D eigenvalue weighted by molar-refractivity contribution is 5.95. The van der Waals surface area contributed by atoms with Crippen molar-refractivity contribution in [3.63, 3.8) is 0 Å². The van der Waals surface area contributed by atoms with Gasteiger partial charge in [-0.05, 0) is 74.9 Å². The first-order valence-corrected chi connectivity index (χ1v) is 12.3. The molecule has 1 aliphatic carbocycles. The standard InChI is InChI=1S/C28H35N3O4/c1-19(2)30(13-15-34-4)14-16-35-24-10-7-21-11-12-31(28(33)25(21)18-24)26-17-22(6-5-20(26)3)27(32)29-23-8-9-23/h5-7,10-12,17-19,23H,8-9,13-16H2,1-4H3,(H,29,32). The minimum absolute atomic E-state index is 0.0979. The SMILES string of the molecule is COCCN(CCOc1ccc2ccn(-c3cc(C(=O)NC4CC4)ccc3C)c(=O)c2c1)C(C)C. The molecule has 1 fully saturated rings. The summed E-state index contributed by atoms with van der Waals surface area (Å²) in [5.41, 5.74) is 2.05. The Kier molecular flexibility index (Phi) is 7.88. The number of aryl methyl sites for hydroxylation is 1. The van der Waals surface area contributed by atoms with E-state index in [-0.39, 0.29) is 17.5 Å². The summed E-state index contributed by atoms with van der Waals surface area (Å²) in [6.45, 7) is 9.06. The van der Waals surface area contributed by atoms with Crippen LogP contribution in [0.5, 0.6) is 5.75 Å². The Morgan fingerprint density at radius 2 is 1.89 bits per heavy atom. The van der Waals surface area contributed by atoms with Gasteiger partial charge >= 0.3 is 0 Å². The van der Waals surface area contributed by atoms with Crippen LogP contribution in [0.15, 0.2) is 53.5 Å². The average molecular weight is 478 g/mol. The van der Waals surface area contributed by atoms with E-state index in [1.54, 1.807) is 23.9 Å². The van der Waals surface area contributed by atoms with Crippen LogP contribution in [-0.2, 0) is 4.74 Å². The predicted octanol–water partition coefficient (Wildman–Crippen LogP) is 3.93. The number of benzene rings is 2. The van der Waals surface area contributed by atoms with Crippen LogP contribution in [0.4, 0.5) is 0 Å². The molecule has 1 saturated carbocycles. The minimum atomic E-state index is -0.139. The molecule has 186 valence electrons. The van der Waals surface area contributed by atoms with Crippen molar-refractivity contribution in [2.45, 2.75) is 45.7 Å². The fourth-order valence-electron chi connectivity index (χ4n) is 4.12. The van der Waals surface area contributed by atoms with Gasteiger partial charge in [0.25, 0.3) is 11.5 Å². The van der Waals surface area contributed by atoms with Crippen LogP contribution < -0.4 is 15.6 Å². The zero-order valence-corrected chi connectivity index (χ0v) is 21.0. The lowest BCUT2D eigenvalue weighted by Gasteiger charge is -2.26. The highest BCUT2D eigenvalue weighted by Gasteiger charge is 2.24. The van der Waals surface area contributed by atoms with Gasteiger partial charge in [0.05, 0.1) is 17.7 Å². The molecular formula is C28H35N3O4. The van der Waals surface area contributed by atoms with E-state index < -0.39 is 0 Å². The van der Waals surface area contributed by atoms with Crippen LogP contribution in [0.3, 0.4) is 0 Å². The van der Waals surface area contributed by atoms with Gasteiger partial charge < -0.3 is 14.8 Å². The number of ether oxygens (including phenoxy) is 2. The molecule has 0 saturated heterocycles. The molecule has 7 heteroatoms. The van der Waals surface area contributed by atoms with Crippen molar-refractivity contribution in [2.75, 3.05) is 33.4 Å². The Hall–Kier alpha value is -3.16. The third kappa shape index (κ3) is 6.10. The molecular weight excluding hydrogens is 442 g/mol. The van der Waals surface area contributed by atoms with Gasteiger partial charge in [-0.3, -0.25) is 19.1 Å². The van der Waals surface area contributed by atoms with E-state index in [1.807, 2.05) is 43.3 Å². The average Bonchev–Trinajstić information content (AvgIpc) is 3.66. The van der Waals surface area contributed by atoms with Crippen molar-refractivity contribution in [1.29, 1.82) is 0 Å². The molecule has 7 nitrogen and oxygen atoms in total. The number of carbonyl (C=O) groups excluding carboxylic acids is 1. The summed E-state index contributed by atoms with van der Waals surface area (Å²) in [5, 5.41) is 4.44. The van der Waals surface area contributed by atoms with Crippen LogP contribution >= 0.6 is 0 Å². The lowest BCUT2D eigenvalue weighted by molar-refractivity contribution is 0.0951. The third-order valence-corrected chi connectivity index (χ3v) is 6.48. The number of methoxy groups -OCH3 is 1.